The molecule has 0 bridgehead atoms. The van der Waals surface area contributed by atoms with Crippen molar-refractivity contribution in [2.24, 2.45) is 0 Å². The van der Waals surface area contributed by atoms with E-state index >= 15 is 0 Å². The Morgan fingerprint density at radius 2 is 1.79 bits per heavy atom. The fraction of sp³-hybridized carbons (Fsp3) is 0.0909. The van der Waals surface area contributed by atoms with Crippen LogP contribution in [0.4, 0.5) is 5.69 Å². The molecule has 0 radical (unpaired) electrons. The van der Waals surface area contributed by atoms with Gasteiger partial charge in [0.1, 0.15) is 5.03 Å². The van der Waals surface area contributed by atoms with E-state index in [0.717, 1.165) is 28.2 Å². The summed E-state index contributed by atoms with van der Waals surface area (Å²) in [5.74, 6) is 0.208. The van der Waals surface area contributed by atoms with Crippen LogP contribution in [0.1, 0.15) is 5.56 Å². The van der Waals surface area contributed by atoms with Gasteiger partial charge in [-0.05, 0) is 49.4 Å². The average molecular weight is 401 g/mol. The Bertz CT molecular complexity index is 1080. The number of hydrogen-bond acceptors (Lipinski definition) is 5. The van der Waals surface area contributed by atoms with Gasteiger partial charge in [0.15, 0.2) is 0 Å². The van der Waals surface area contributed by atoms with E-state index in [1.807, 2.05) is 79.9 Å². The Morgan fingerprint density at radius 1 is 1.00 bits per heavy atom. The van der Waals surface area contributed by atoms with Crippen LogP contribution in [0, 0.1) is 6.92 Å². The molecule has 2 aromatic heterocycles. The molecule has 1 N–H and O–H groups in total. The van der Waals surface area contributed by atoms with Crippen molar-refractivity contribution < 1.29 is 4.79 Å². The second kappa shape index (κ2) is 8.70. The van der Waals surface area contributed by atoms with Gasteiger partial charge in [0.2, 0.25) is 5.91 Å². The quantitative estimate of drug-likeness (QED) is 0.486. The lowest BCUT2D eigenvalue weighted by atomic mass is 10.1. The fourth-order valence-electron chi connectivity index (χ4n) is 2.73. The molecule has 0 fully saturated rings. The van der Waals surface area contributed by atoms with E-state index in [-0.39, 0.29) is 11.7 Å². The van der Waals surface area contributed by atoms with E-state index < -0.39 is 0 Å². The minimum absolute atomic E-state index is 0.0704. The Balaban J connectivity index is 1.34. The highest BCUT2D eigenvalue weighted by atomic mass is 32.2. The molecule has 4 rings (SSSR count). The zero-order chi connectivity index (χ0) is 20.1. The van der Waals surface area contributed by atoms with Crippen LogP contribution in [0.25, 0.3) is 16.9 Å². The minimum Gasteiger partial charge on any atom is -0.325 e. The standard InChI is InChI=1S/C22H19N5OS/c1-16-3-7-18(8-4-16)24-21(28)15-29-22-12-11-20(25-26-22)17-5-9-19(10-6-17)27-14-2-13-23-27/h2-14H,15H2,1H3,(H,24,28). The second-order valence-electron chi connectivity index (χ2n) is 6.46. The van der Waals surface area contributed by atoms with Gasteiger partial charge < -0.3 is 5.32 Å². The zero-order valence-corrected chi connectivity index (χ0v) is 16.6. The first-order valence-electron chi connectivity index (χ1n) is 9.11. The van der Waals surface area contributed by atoms with Crippen molar-refractivity contribution in [2.75, 3.05) is 11.1 Å². The third-order valence-corrected chi connectivity index (χ3v) is 5.18. The summed E-state index contributed by atoms with van der Waals surface area (Å²) < 4.78 is 1.80. The van der Waals surface area contributed by atoms with Gasteiger partial charge >= 0.3 is 0 Å². The van der Waals surface area contributed by atoms with Crippen molar-refractivity contribution in [3.05, 3.63) is 84.7 Å². The number of benzene rings is 2. The largest absolute Gasteiger partial charge is 0.325 e. The van der Waals surface area contributed by atoms with Gasteiger partial charge in [-0.15, -0.1) is 10.2 Å². The van der Waals surface area contributed by atoms with E-state index in [1.54, 1.807) is 10.9 Å². The van der Waals surface area contributed by atoms with Crippen molar-refractivity contribution in [3.63, 3.8) is 0 Å². The lowest BCUT2D eigenvalue weighted by Crippen LogP contribution is -2.14. The zero-order valence-electron chi connectivity index (χ0n) is 15.8. The maximum atomic E-state index is 12.1. The number of rotatable bonds is 6. The van der Waals surface area contributed by atoms with Crippen LogP contribution in [0.5, 0.6) is 0 Å². The first kappa shape index (κ1) is 18.9. The highest BCUT2D eigenvalue weighted by Crippen LogP contribution is 2.21. The van der Waals surface area contributed by atoms with E-state index in [1.165, 1.54) is 11.8 Å². The number of thioether (sulfide) groups is 1. The number of nitrogens with zero attached hydrogens (tertiary/aromatic N) is 4. The summed E-state index contributed by atoms with van der Waals surface area (Å²) in [7, 11) is 0. The molecule has 7 heteroatoms. The molecular formula is C22H19N5OS. The van der Waals surface area contributed by atoms with Crippen molar-refractivity contribution in [2.45, 2.75) is 11.9 Å². The Kier molecular flexibility index (Phi) is 5.67. The predicted octanol–water partition coefficient (Wildman–Crippen LogP) is 4.37. The lowest BCUT2D eigenvalue weighted by molar-refractivity contribution is -0.113. The second-order valence-corrected chi connectivity index (χ2v) is 7.45. The lowest BCUT2D eigenvalue weighted by Gasteiger charge is -2.06. The van der Waals surface area contributed by atoms with Crippen LogP contribution in [-0.2, 0) is 4.79 Å². The fourth-order valence-corrected chi connectivity index (χ4v) is 3.34. The molecular weight excluding hydrogens is 382 g/mol. The number of amides is 1. The van der Waals surface area contributed by atoms with E-state index in [2.05, 4.69) is 20.6 Å². The molecule has 0 aliphatic rings. The van der Waals surface area contributed by atoms with Crippen molar-refractivity contribution in [1.29, 1.82) is 0 Å². The first-order chi connectivity index (χ1) is 14.2. The van der Waals surface area contributed by atoms with Gasteiger partial charge in [0.25, 0.3) is 0 Å². The highest BCUT2D eigenvalue weighted by molar-refractivity contribution is 7.99. The number of carbonyl (C=O) groups excluding carboxylic acids is 1. The molecule has 0 saturated heterocycles. The highest BCUT2D eigenvalue weighted by Gasteiger charge is 2.07. The number of aromatic nitrogens is 4. The van der Waals surface area contributed by atoms with Crippen molar-refractivity contribution in [3.8, 4) is 16.9 Å². The van der Waals surface area contributed by atoms with Gasteiger partial charge in [-0.3, -0.25) is 4.79 Å². The summed E-state index contributed by atoms with van der Waals surface area (Å²) in [6, 6.07) is 21.4. The van der Waals surface area contributed by atoms with Crippen molar-refractivity contribution in [1.82, 2.24) is 20.0 Å². The third kappa shape index (κ3) is 4.89. The molecule has 1 amide bonds. The van der Waals surface area contributed by atoms with Crippen LogP contribution < -0.4 is 5.32 Å². The van der Waals surface area contributed by atoms with Crippen LogP contribution in [-0.4, -0.2) is 31.6 Å². The number of anilines is 1. The monoisotopic (exact) mass is 401 g/mol. The van der Waals surface area contributed by atoms with E-state index in [0.29, 0.717) is 5.03 Å². The number of nitrogens with one attached hydrogen (secondary N) is 1. The Morgan fingerprint density at radius 3 is 2.45 bits per heavy atom. The molecule has 29 heavy (non-hydrogen) atoms. The molecule has 4 aromatic rings. The molecule has 0 saturated carbocycles. The third-order valence-electron chi connectivity index (χ3n) is 4.26. The van der Waals surface area contributed by atoms with E-state index in [9.17, 15) is 4.79 Å². The molecule has 0 aliphatic carbocycles. The molecule has 0 spiro atoms. The maximum Gasteiger partial charge on any atom is 0.234 e. The SMILES string of the molecule is Cc1ccc(NC(=O)CSc2ccc(-c3ccc(-n4cccn4)cc3)nn2)cc1. The molecule has 0 aliphatic heterocycles. The average Bonchev–Trinajstić information content (AvgIpc) is 3.29. The normalized spacial score (nSPS) is 10.7. The van der Waals surface area contributed by atoms with Crippen LogP contribution in [0.3, 0.4) is 0 Å². The number of hydrogen-bond donors (Lipinski definition) is 1. The van der Waals surface area contributed by atoms with Crippen LogP contribution >= 0.6 is 11.8 Å². The summed E-state index contributed by atoms with van der Waals surface area (Å²) >= 11 is 1.36. The van der Waals surface area contributed by atoms with Gasteiger partial charge in [0.05, 0.1) is 17.1 Å². The summed E-state index contributed by atoms with van der Waals surface area (Å²) in [6.45, 7) is 2.01. The molecule has 0 unspecified atom stereocenters. The van der Waals surface area contributed by atoms with Gasteiger partial charge in [-0.1, -0.05) is 41.6 Å². The smallest absolute Gasteiger partial charge is 0.234 e. The summed E-state index contributed by atoms with van der Waals surface area (Å²) in [5, 5.41) is 16.3. The molecule has 6 nitrogen and oxygen atoms in total. The number of carbonyl (C=O) groups is 1. The topological polar surface area (TPSA) is 72.7 Å². The first-order valence-corrected chi connectivity index (χ1v) is 10.1. The predicted molar refractivity (Wildman–Crippen MR) is 115 cm³/mol. The molecule has 2 aromatic carbocycles. The van der Waals surface area contributed by atoms with Gasteiger partial charge in [-0.25, -0.2) is 4.68 Å². The summed E-state index contributed by atoms with van der Waals surface area (Å²) in [4.78, 5) is 12.1. The minimum atomic E-state index is -0.0704. The molecule has 2 heterocycles. The molecule has 144 valence electrons. The van der Waals surface area contributed by atoms with Gasteiger partial charge in [-0.2, -0.15) is 5.10 Å². The van der Waals surface area contributed by atoms with Crippen molar-refractivity contribution >= 4 is 23.4 Å². The Hall–Kier alpha value is -3.45. The molecule has 0 atom stereocenters. The number of aryl methyl sites for hydroxylation is 1. The van der Waals surface area contributed by atoms with Gasteiger partial charge in [0, 0.05) is 23.6 Å². The Labute approximate surface area is 173 Å². The summed E-state index contributed by atoms with van der Waals surface area (Å²) in [6.07, 6.45) is 3.65. The summed E-state index contributed by atoms with van der Waals surface area (Å²) in [5.41, 5.74) is 4.69. The van der Waals surface area contributed by atoms with Crippen LogP contribution in [0.2, 0.25) is 0 Å². The van der Waals surface area contributed by atoms with Crippen LogP contribution in [0.15, 0.2) is 84.1 Å². The van der Waals surface area contributed by atoms with E-state index in [4.69, 9.17) is 0 Å². The maximum absolute atomic E-state index is 12.1.